The van der Waals surface area contributed by atoms with Crippen LogP contribution in [0, 0.1) is 11.3 Å². The highest BCUT2D eigenvalue weighted by Gasteiger charge is 2.34. The predicted molar refractivity (Wildman–Crippen MR) is 68.3 cm³/mol. The van der Waals surface area contributed by atoms with Crippen LogP contribution in [-0.2, 0) is 4.79 Å². The van der Waals surface area contributed by atoms with Crippen molar-refractivity contribution in [1.82, 2.24) is 5.32 Å². The fourth-order valence-electron chi connectivity index (χ4n) is 3.05. The molecule has 0 aromatic heterocycles. The molecule has 0 heterocycles. The van der Waals surface area contributed by atoms with E-state index in [-0.39, 0.29) is 5.91 Å². The number of carbonyl (C=O) groups excluding carboxylic acids is 1. The van der Waals surface area contributed by atoms with Crippen LogP contribution in [0.2, 0.25) is 0 Å². The molecule has 1 N–H and O–H groups in total. The molecule has 1 fully saturated rings. The van der Waals surface area contributed by atoms with Crippen molar-refractivity contribution in [3.05, 3.63) is 0 Å². The summed E-state index contributed by atoms with van der Waals surface area (Å²) >= 11 is 0. The van der Waals surface area contributed by atoms with Gasteiger partial charge in [-0.15, -0.1) is 0 Å². The number of carbonyl (C=O) groups is 1. The molecular weight excluding hydrogens is 198 g/mol. The SMILES string of the molecule is CCCC(=O)NCC1(CC(C)C)CCCC1. The molecule has 0 saturated heterocycles. The van der Waals surface area contributed by atoms with Crippen molar-refractivity contribution < 1.29 is 4.79 Å². The van der Waals surface area contributed by atoms with Crippen molar-refractivity contribution in [3.63, 3.8) is 0 Å². The first-order valence-corrected chi connectivity index (χ1v) is 6.85. The maximum atomic E-state index is 11.5. The van der Waals surface area contributed by atoms with Crippen molar-refractivity contribution in [2.24, 2.45) is 11.3 Å². The van der Waals surface area contributed by atoms with Gasteiger partial charge in [-0.2, -0.15) is 0 Å². The van der Waals surface area contributed by atoms with Gasteiger partial charge in [-0.05, 0) is 37.0 Å². The summed E-state index contributed by atoms with van der Waals surface area (Å²) in [6, 6.07) is 0. The zero-order valence-electron chi connectivity index (χ0n) is 11.1. The highest BCUT2D eigenvalue weighted by atomic mass is 16.1. The lowest BCUT2D eigenvalue weighted by Crippen LogP contribution is -2.36. The number of hydrogen-bond donors (Lipinski definition) is 1. The van der Waals surface area contributed by atoms with Gasteiger partial charge in [0.05, 0.1) is 0 Å². The van der Waals surface area contributed by atoms with Crippen molar-refractivity contribution in [2.75, 3.05) is 6.54 Å². The second-order valence-electron chi connectivity index (χ2n) is 5.83. The van der Waals surface area contributed by atoms with Crippen LogP contribution in [0.1, 0.15) is 65.7 Å². The first-order valence-electron chi connectivity index (χ1n) is 6.85. The zero-order chi connectivity index (χ0) is 12.0. The summed E-state index contributed by atoms with van der Waals surface area (Å²) in [5.74, 6) is 0.971. The van der Waals surface area contributed by atoms with Crippen molar-refractivity contribution >= 4 is 5.91 Å². The zero-order valence-corrected chi connectivity index (χ0v) is 11.1. The molecule has 0 aromatic carbocycles. The van der Waals surface area contributed by atoms with Gasteiger partial charge in [-0.1, -0.05) is 33.6 Å². The highest BCUT2D eigenvalue weighted by Crippen LogP contribution is 2.42. The van der Waals surface area contributed by atoms with E-state index in [1.807, 2.05) is 0 Å². The highest BCUT2D eigenvalue weighted by molar-refractivity contribution is 5.75. The Kier molecular flexibility index (Phi) is 5.30. The molecule has 0 aromatic rings. The Labute approximate surface area is 100 Å². The summed E-state index contributed by atoms with van der Waals surface area (Å²) in [6.45, 7) is 7.53. The fraction of sp³-hybridized carbons (Fsp3) is 0.929. The Bertz CT molecular complexity index is 217. The summed E-state index contributed by atoms with van der Waals surface area (Å²) in [6.07, 6.45) is 8.18. The minimum Gasteiger partial charge on any atom is -0.356 e. The summed E-state index contributed by atoms with van der Waals surface area (Å²) in [5.41, 5.74) is 0.414. The molecule has 94 valence electrons. The van der Waals surface area contributed by atoms with Gasteiger partial charge >= 0.3 is 0 Å². The van der Waals surface area contributed by atoms with E-state index in [9.17, 15) is 4.79 Å². The monoisotopic (exact) mass is 225 g/mol. The van der Waals surface area contributed by atoms with E-state index in [1.54, 1.807) is 0 Å². The van der Waals surface area contributed by atoms with Crippen molar-refractivity contribution in [3.8, 4) is 0 Å². The summed E-state index contributed by atoms with van der Waals surface area (Å²) in [7, 11) is 0. The van der Waals surface area contributed by atoms with E-state index in [2.05, 4.69) is 26.1 Å². The molecule has 1 aliphatic rings. The third-order valence-corrected chi connectivity index (χ3v) is 3.64. The standard InChI is InChI=1S/C14H27NO/c1-4-7-13(16)15-11-14(10-12(2)3)8-5-6-9-14/h12H,4-11H2,1-3H3,(H,15,16). The van der Waals surface area contributed by atoms with Crippen molar-refractivity contribution in [1.29, 1.82) is 0 Å². The van der Waals surface area contributed by atoms with Gasteiger partial charge in [-0.25, -0.2) is 0 Å². The molecule has 0 aliphatic heterocycles. The van der Waals surface area contributed by atoms with Gasteiger partial charge in [-0.3, -0.25) is 4.79 Å². The Morgan fingerprint density at radius 1 is 1.31 bits per heavy atom. The topological polar surface area (TPSA) is 29.1 Å². The van der Waals surface area contributed by atoms with Gasteiger partial charge in [0.25, 0.3) is 0 Å². The summed E-state index contributed by atoms with van der Waals surface area (Å²) < 4.78 is 0. The molecule has 0 radical (unpaired) electrons. The molecule has 0 bridgehead atoms. The number of amides is 1. The Morgan fingerprint density at radius 3 is 2.44 bits per heavy atom. The molecule has 0 spiro atoms. The van der Waals surface area contributed by atoms with Crippen LogP contribution < -0.4 is 5.32 Å². The maximum absolute atomic E-state index is 11.5. The average Bonchev–Trinajstić information content (AvgIpc) is 2.64. The Morgan fingerprint density at radius 2 is 1.94 bits per heavy atom. The number of hydrogen-bond acceptors (Lipinski definition) is 1. The lowest BCUT2D eigenvalue weighted by Gasteiger charge is -2.31. The van der Waals surface area contributed by atoms with Crippen LogP contribution in [0.4, 0.5) is 0 Å². The summed E-state index contributed by atoms with van der Waals surface area (Å²) in [5, 5.41) is 3.13. The Balaban J connectivity index is 2.42. The van der Waals surface area contributed by atoms with E-state index in [0.717, 1.165) is 18.9 Å². The molecule has 0 unspecified atom stereocenters. The van der Waals surface area contributed by atoms with Gasteiger partial charge in [0.15, 0.2) is 0 Å². The van der Waals surface area contributed by atoms with Gasteiger partial charge in [0.1, 0.15) is 0 Å². The normalized spacial score (nSPS) is 19.0. The van der Waals surface area contributed by atoms with Crippen LogP contribution in [0.3, 0.4) is 0 Å². The molecule has 2 nitrogen and oxygen atoms in total. The minimum atomic E-state index is 0.234. The third-order valence-electron chi connectivity index (χ3n) is 3.64. The molecule has 1 amide bonds. The average molecular weight is 225 g/mol. The van der Waals surface area contributed by atoms with E-state index in [4.69, 9.17) is 0 Å². The Hall–Kier alpha value is -0.530. The molecule has 16 heavy (non-hydrogen) atoms. The number of nitrogens with one attached hydrogen (secondary N) is 1. The van der Waals surface area contributed by atoms with Crippen LogP contribution in [0.5, 0.6) is 0 Å². The lowest BCUT2D eigenvalue weighted by molar-refractivity contribution is -0.121. The first-order chi connectivity index (χ1) is 7.58. The smallest absolute Gasteiger partial charge is 0.220 e. The van der Waals surface area contributed by atoms with Crippen LogP contribution in [-0.4, -0.2) is 12.5 Å². The molecule has 2 heteroatoms. The maximum Gasteiger partial charge on any atom is 0.220 e. The largest absolute Gasteiger partial charge is 0.356 e. The van der Waals surface area contributed by atoms with Crippen LogP contribution in [0.25, 0.3) is 0 Å². The minimum absolute atomic E-state index is 0.234. The lowest BCUT2D eigenvalue weighted by atomic mass is 9.78. The molecule has 1 aliphatic carbocycles. The number of rotatable bonds is 6. The van der Waals surface area contributed by atoms with Gasteiger partial charge < -0.3 is 5.32 Å². The third kappa shape index (κ3) is 4.15. The second kappa shape index (κ2) is 6.27. The quantitative estimate of drug-likeness (QED) is 0.736. The molecular formula is C14H27NO. The first kappa shape index (κ1) is 13.5. The molecule has 1 saturated carbocycles. The van der Waals surface area contributed by atoms with E-state index < -0.39 is 0 Å². The van der Waals surface area contributed by atoms with E-state index >= 15 is 0 Å². The predicted octanol–water partition coefficient (Wildman–Crippen LogP) is 3.51. The van der Waals surface area contributed by atoms with Gasteiger partial charge in [0, 0.05) is 13.0 Å². The second-order valence-corrected chi connectivity index (χ2v) is 5.83. The summed E-state index contributed by atoms with van der Waals surface area (Å²) in [4.78, 5) is 11.5. The van der Waals surface area contributed by atoms with E-state index in [0.29, 0.717) is 11.8 Å². The van der Waals surface area contributed by atoms with E-state index in [1.165, 1.54) is 32.1 Å². The van der Waals surface area contributed by atoms with Crippen molar-refractivity contribution in [2.45, 2.75) is 65.7 Å². The molecule has 1 rings (SSSR count). The molecule has 0 atom stereocenters. The van der Waals surface area contributed by atoms with Gasteiger partial charge in [0.2, 0.25) is 5.91 Å². The van der Waals surface area contributed by atoms with Crippen LogP contribution in [0.15, 0.2) is 0 Å². The van der Waals surface area contributed by atoms with Crippen LogP contribution >= 0.6 is 0 Å². The fourth-order valence-corrected chi connectivity index (χ4v) is 3.05.